The highest BCUT2D eigenvalue weighted by atomic mass is 15.4. The van der Waals surface area contributed by atoms with Crippen molar-refractivity contribution in [2.45, 2.75) is 26.3 Å². The topological polar surface area (TPSA) is 46.0 Å². The van der Waals surface area contributed by atoms with Gasteiger partial charge in [-0.1, -0.05) is 18.2 Å². The van der Waals surface area contributed by atoms with Crippen LogP contribution in [0.3, 0.4) is 0 Å². The highest BCUT2D eigenvalue weighted by molar-refractivity contribution is 5.74. The highest BCUT2D eigenvalue weighted by Gasteiger charge is 2.16. The molecule has 2 heterocycles. The first-order valence-electron chi connectivity index (χ1n) is 7.97. The third-order valence-electron chi connectivity index (χ3n) is 4.50. The molecule has 0 aliphatic carbocycles. The van der Waals surface area contributed by atoms with Crippen LogP contribution in [0, 0.1) is 5.92 Å². The van der Waals surface area contributed by atoms with E-state index in [1.807, 2.05) is 11.7 Å². The van der Waals surface area contributed by atoms with Crippen molar-refractivity contribution in [3.8, 4) is 0 Å². The SMILES string of the molecule is CCN(Cc1ccc2nnn(C)c2c1)CC1CCNCC1. The molecule has 1 fully saturated rings. The standard InChI is InChI=1S/C16H25N5/c1-3-21(11-13-6-8-17-9-7-13)12-14-4-5-15-16(10-14)20(2)19-18-15/h4-5,10,13,17H,3,6-9,11-12H2,1-2H3. The van der Waals surface area contributed by atoms with Crippen LogP contribution in [0.5, 0.6) is 0 Å². The third-order valence-corrected chi connectivity index (χ3v) is 4.50. The Labute approximate surface area is 126 Å². The summed E-state index contributed by atoms with van der Waals surface area (Å²) in [6, 6.07) is 6.48. The second-order valence-corrected chi connectivity index (χ2v) is 6.06. The van der Waals surface area contributed by atoms with Gasteiger partial charge in [0.1, 0.15) is 5.52 Å². The van der Waals surface area contributed by atoms with E-state index in [4.69, 9.17) is 0 Å². The molecule has 1 aliphatic rings. The van der Waals surface area contributed by atoms with Crippen molar-refractivity contribution in [2.24, 2.45) is 13.0 Å². The summed E-state index contributed by atoms with van der Waals surface area (Å²) in [6.07, 6.45) is 2.61. The molecule has 114 valence electrons. The summed E-state index contributed by atoms with van der Waals surface area (Å²) in [4.78, 5) is 2.56. The van der Waals surface area contributed by atoms with Crippen molar-refractivity contribution in [3.05, 3.63) is 23.8 Å². The van der Waals surface area contributed by atoms with E-state index in [1.165, 1.54) is 38.0 Å². The first-order chi connectivity index (χ1) is 10.3. The molecule has 1 aromatic heterocycles. The number of fused-ring (bicyclic) bond motifs is 1. The lowest BCUT2D eigenvalue weighted by Crippen LogP contribution is -2.35. The van der Waals surface area contributed by atoms with Crippen LogP contribution < -0.4 is 5.32 Å². The van der Waals surface area contributed by atoms with E-state index in [1.54, 1.807) is 0 Å². The van der Waals surface area contributed by atoms with Gasteiger partial charge in [0.15, 0.2) is 0 Å². The van der Waals surface area contributed by atoms with E-state index >= 15 is 0 Å². The first kappa shape index (κ1) is 14.5. The zero-order valence-electron chi connectivity index (χ0n) is 13.0. The Morgan fingerprint density at radius 2 is 2.14 bits per heavy atom. The molecule has 1 N–H and O–H groups in total. The average Bonchev–Trinajstić information content (AvgIpc) is 2.89. The summed E-state index contributed by atoms with van der Waals surface area (Å²) in [6.45, 7) is 7.93. The van der Waals surface area contributed by atoms with Gasteiger partial charge in [0.05, 0.1) is 5.52 Å². The molecule has 0 spiro atoms. The molecule has 1 saturated heterocycles. The maximum absolute atomic E-state index is 4.14. The molecule has 0 bridgehead atoms. The highest BCUT2D eigenvalue weighted by Crippen LogP contribution is 2.17. The fourth-order valence-corrected chi connectivity index (χ4v) is 3.17. The molecule has 0 unspecified atom stereocenters. The second kappa shape index (κ2) is 6.54. The molecule has 3 rings (SSSR count). The van der Waals surface area contributed by atoms with Crippen LogP contribution >= 0.6 is 0 Å². The number of hydrogen-bond acceptors (Lipinski definition) is 4. The maximum atomic E-state index is 4.14. The minimum absolute atomic E-state index is 0.841. The largest absolute Gasteiger partial charge is 0.317 e. The Morgan fingerprint density at radius 3 is 2.90 bits per heavy atom. The van der Waals surface area contributed by atoms with E-state index in [9.17, 15) is 0 Å². The van der Waals surface area contributed by atoms with Crippen LogP contribution in [0.15, 0.2) is 18.2 Å². The van der Waals surface area contributed by atoms with E-state index in [0.29, 0.717) is 0 Å². The predicted molar refractivity (Wildman–Crippen MR) is 85.1 cm³/mol. The van der Waals surface area contributed by atoms with Crippen LogP contribution in [-0.2, 0) is 13.6 Å². The number of aryl methyl sites for hydroxylation is 1. The predicted octanol–water partition coefficient (Wildman–Crippen LogP) is 1.79. The second-order valence-electron chi connectivity index (χ2n) is 6.06. The summed E-state index contributed by atoms with van der Waals surface area (Å²) in [5, 5.41) is 11.7. The van der Waals surface area contributed by atoms with Crippen LogP contribution in [0.2, 0.25) is 0 Å². The molecule has 2 aromatic rings. The van der Waals surface area contributed by atoms with Gasteiger partial charge < -0.3 is 5.32 Å². The maximum Gasteiger partial charge on any atom is 0.113 e. The number of aromatic nitrogens is 3. The van der Waals surface area contributed by atoms with Gasteiger partial charge in [-0.05, 0) is 56.1 Å². The van der Waals surface area contributed by atoms with Crippen LogP contribution in [-0.4, -0.2) is 46.1 Å². The Bertz CT molecular complexity index is 585. The van der Waals surface area contributed by atoms with Gasteiger partial charge in [0.2, 0.25) is 0 Å². The van der Waals surface area contributed by atoms with Crippen LogP contribution in [0.4, 0.5) is 0 Å². The molecule has 1 aromatic carbocycles. The summed E-state index contributed by atoms with van der Waals surface area (Å²) in [5.74, 6) is 0.841. The Balaban J connectivity index is 1.67. The summed E-state index contributed by atoms with van der Waals surface area (Å²) < 4.78 is 1.85. The Kier molecular flexibility index (Phi) is 4.51. The normalized spacial score (nSPS) is 16.9. The van der Waals surface area contributed by atoms with Gasteiger partial charge in [0.25, 0.3) is 0 Å². The number of benzene rings is 1. The minimum Gasteiger partial charge on any atom is -0.317 e. The Morgan fingerprint density at radius 1 is 1.33 bits per heavy atom. The smallest absolute Gasteiger partial charge is 0.113 e. The van der Waals surface area contributed by atoms with E-state index < -0.39 is 0 Å². The van der Waals surface area contributed by atoms with Gasteiger partial charge in [-0.3, -0.25) is 4.90 Å². The van der Waals surface area contributed by atoms with Crippen LogP contribution in [0.25, 0.3) is 11.0 Å². The molecule has 5 heteroatoms. The number of rotatable bonds is 5. The zero-order chi connectivity index (χ0) is 14.7. The van der Waals surface area contributed by atoms with Crippen molar-refractivity contribution in [2.75, 3.05) is 26.2 Å². The molecular formula is C16H25N5. The summed E-state index contributed by atoms with van der Waals surface area (Å²) >= 11 is 0. The third kappa shape index (κ3) is 3.41. The van der Waals surface area contributed by atoms with Gasteiger partial charge in [-0.25, -0.2) is 4.68 Å². The lowest BCUT2D eigenvalue weighted by molar-refractivity contribution is 0.207. The van der Waals surface area contributed by atoms with Gasteiger partial charge in [-0.2, -0.15) is 0 Å². The van der Waals surface area contributed by atoms with E-state index in [0.717, 1.165) is 30.0 Å². The first-order valence-corrected chi connectivity index (χ1v) is 7.97. The molecule has 5 nitrogen and oxygen atoms in total. The molecule has 0 saturated carbocycles. The number of nitrogens with one attached hydrogen (secondary N) is 1. The average molecular weight is 287 g/mol. The molecular weight excluding hydrogens is 262 g/mol. The van der Waals surface area contributed by atoms with Crippen molar-refractivity contribution >= 4 is 11.0 Å². The quantitative estimate of drug-likeness (QED) is 0.911. The Hall–Kier alpha value is -1.46. The monoisotopic (exact) mass is 287 g/mol. The van der Waals surface area contributed by atoms with Crippen molar-refractivity contribution < 1.29 is 0 Å². The zero-order valence-corrected chi connectivity index (χ0v) is 13.0. The van der Waals surface area contributed by atoms with E-state index in [-0.39, 0.29) is 0 Å². The van der Waals surface area contributed by atoms with Crippen molar-refractivity contribution in [1.82, 2.24) is 25.2 Å². The van der Waals surface area contributed by atoms with Crippen LogP contribution in [0.1, 0.15) is 25.3 Å². The molecule has 21 heavy (non-hydrogen) atoms. The minimum atomic E-state index is 0.841. The van der Waals surface area contributed by atoms with Crippen molar-refractivity contribution in [3.63, 3.8) is 0 Å². The number of hydrogen-bond donors (Lipinski definition) is 1. The fourth-order valence-electron chi connectivity index (χ4n) is 3.17. The molecule has 0 radical (unpaired) electrons. The lowest BCUT2D eigenvalue weighted by Gasteiger charge is -2.29. The summed E-state index contributed by atoms with van der Waals surface area (Å²) in [5.41, 5.74) is 3.44. The van der Waals surface area contributed by atoms with Gasteiger partial charge in [-0.15, -0.1) is 5.10 Å². The fraction of sp³-hybridized carbons (Fsp3) is 0.625. The lowest BCUT2D eigenvalue weighted by atomic mass is 9.97. The number of piperidine rings is 1. The van der Waals surface area contributed by atoms with E-state index in [2.05, 4.69) is 45.7 Å². The van der Waals surface area contributed by atoms with Gasteiger partial charge in [0, 0.05) is 20.1 Å². The molecule has 1 aliphatic heterocycles. The van der Waals surface area contributed by atoms with Crippen molar-refractivity contribution in [1.29, 1.82) is 0 Å². The molecule has 0 atom stereocenters. The van der Waals surface area contributed by atoms with Gasteiger partial charge >= 0.3 is 0 Å². The number of nitrogens with zero attached hydrogens (tertiary/aromatic N) is 4. The molecule has 0 amide bonds. The summed E-state index contributed by atoms with van der Waals surface area (Å²) in [7, 11) is 1.95.